The molecule has 0 saturated heterocycles. The van der Waals surface area contributed by atoms with E-state index in [1.807, 2.05) is 36.4 Å². The second-order valence-electron chi connectivity index (χ2n) is 5.46. The standard InChI is InChI=1S/C17H19N3O/c1-19(16-8-6-15(18)7-9-16)17(21)12-20-10-13-4-2-3-5-14(13)11-20/h2-9H,10-12,18H2,1H3. The first-order chi connectivity index (χ1) is 10.1. The van der Waals surface area contributed by atoms with Crippen LogP contribution >= 0.6 is 0 Å². The average molecular weight is 281 g/mol. The first-order valence-corrected chi connectivity index (χ1v) is 7.05. The highest BCUT2D eigenvalue weighted by Gasteiger charge is 2.22. The maximum atomic E-state index is 12.4. The van der Waals surface area contributed by atoms with Gasteiger partial charge in [-0.25, -0.2) is 0 Å². The van der Waals surface area contributed by atoms with Crippen LogP contribution in [0.25, 0.3) is 0 Å². The van der Waals surface area contributed by atoms with E-state index in [1.54, 1.807) is 11.9 Å². The summed E-state index contributed by atoms with van der Waals surface area (Å²) in [5.74, 6) is 0.0903. The van der Waals surface area contributed by atoms with Crippen LogP contribution < -0.4 is 10.6 Å². The van der Waals surface area contributed by atoms with Crippen LogP contribution in [0.2, 0.25) is 0 Å². The number of hydrogen-bond acceptors (Lipinski definition) is 3. The van der Waals surface area contributed by atoms with Crippen LogP contribution in [0.5, 0.6) is 0 Å². The van der Waals surface area contributed by atoms with E-state index in [2.05, 4.69) is 17.0 Å². The molecular formula is C17H19N3O. The Balaban J connectivity index is 1.64. The van der Waals surface area contributed by atoms with Gasteiger partial charge in [-0.3, -0.25) is 9.69 Å². The molecule has 0 radical (unpaired) electrons. The lowest BCUT2D eigenvalue weighted by Gasteiger charge is -2.21. The Morgan fingerprint density at radius 2 is 1.67 bits per heavy atom. The Bertz CT molecular complexity index is 626. The minimum atomic E-state index is 0.0903. The van der Waals surface area contributed by atoms with Gasteiger partial charge in [0, 0.05) is 31.5 Å². The first-order valence-electron chi connectivity index (χ1n) is 7.05. The number of nitrogen functional groups attached to an aromatic ring is 1. The molecule has 1 aliphatic heterocycles. The molecule has 0 atom stereocenters. The van der Waals surface area contributed by atoms with Gasteiger partial charge in [0.05, 0.1) is 6.54 Å². The summed E-state index contributed by atoms with van der Waals surface area (Å²) in [6.45, 7) is 2.12. The van der Waals surface area contributed by atoms with Crippen LogP contribution in [0.3, 0.4) is 0 Å². The van der Waals surface area contributed by atoms with Crippen LogP contribution in [0, 0.1) is 0 Å². The Kier molecular flexibility index (Phi) is 3.62. The van der Waals surface area contributed by atoms with Gasteiger partial charge in [0.1, 0.15) is 0 Å². The smallest absolute Gasteiger partial charge is 0.240 e. The quantitative estimate of drug-likeness (QED) is 0.878. The minimum Gasteiger partial charge on any atom is -0.399 e. The molecule has 0 aliphatic carbocycles. The molecule has 0 bridgehead atoms. The lowest BCUT2D eigenvalue weighted by atomic mass is 10.1. The van der Waals surface area contributed by atoms with Crippen molar-refractivity contribution >= 4 is 17.3 Å². The van der Waals surface area contributed by atoms with Crippen molar-refractivity contribution in [3.05, 3.63) is 59.7 Å². The third kappa shape index (κ3) is 2.90. The van der Waals surface area contributed by atoms with Crippen molar-refractivity contribution in [3.8, 4) is 0 Å². The van der Waals surface area contributed by atoms with Crippen LogP contribution in [0.15, 0.2) is 48.5 Å². The fraction of sp³-hybridized carbons (Fsp3) is 0.235. The highest BCUT2D eigenvalue weighted by molar-refractivity contribution is 5.94. The molecule has 4 nitrogen and oxygen atoms in total. The third-order valence-electron chi connectivity index (χ3n) is 3.92. The summed E-state index contributed by atoms with van der Waals surface area (Å²) in [6, 6.07) is 15.7. The van der Waals surface area contributed by atoms with Crippen molar-refractivity contribution in [3.63, 3.8) is 0 Å². The maximum Gasteiger partial charge on any atom is 0.240 e. The predicted octanol–water partition coefficient (Wildman–Crippen LogP) is 2.25. The van der Waals surface area contributed by atoms with E-state index in [1.165, 1.54) is 11.1 Å². The minimum absolute atomic E-state index is 0.0903. The van der Waals surface area contributed by atoms with E-state index in [-0.39, 0.29) is 5.91 Å². The normalized spacial score (nSPS) is 14.0. The van der Waals surface area contributed by atoms with Gasteiger partial charge in [-0.1, -0.05) is 24.3 Å². The number of amides is 1. The number of benzene rings is 2. The van der Waals surface area contributed by atoms with Gasteiger partial charge < -0.3 is 10.6 Å². The predicted molar refractivity (Wildman–Crippen MR) is 84.8 cm³/mol. The number of rotatable bonds is 3. The molecule has 1 aliphatic rings. The van der Waals surface area contributed by atoms with Gasteiger partial charge in [-0.15, -0.1) is 0 Å². The summed E-state index contributed by atoms with van der Waals surface area (Å²) in [5, 5.41) is 0. The fourth-order valence-electron chi connectivity index (χ4n) is 2.65. The molecule has 108 valence electrons. The molecule has 0 fully saturated rings. The van der Waals surface area contributed by atoms with E-state index in [0.717, 1.165) is 18.8 Å². The van der Waals surface area contributed by atoms with Crippen molar-refractivity contribution in [2.45, 2.75) is 13.1 Å². The number of hydrogen-bond donors (Lipinski definition) is 1. The summed E-state index contributed by atoms with van der Waals surface area (Å²) < 4.78 is 0. The van der Waals surface area contributed by atoms with Gasteiger partial charge in [0.2, 0.25) is 5.91 Å². The lowest BCUT2D eigenvalue weighted by Crippen LogP contribution is -2.36. The second kappa shape index (κ2) is 5.58. The summed E-state index contributed by atoms with van der Waals surface area (Å²) in [7, 11) is 1.80. The van der Waals surface area contributed by atoms with Gasteiger partial charge >= 0.3 is 0 Å². The largest absolute Gasteiger partial charge is 0.399 e. The molecule has 0 aromatic heterocycles. The van der Waals surface area contributed by atoms with Crippen LogP contribution in [-0.4, -0.2) is 24.4 Å². The van der Waals surface area contributed by atoms with E-state index in [9.17, 15) is 4.79 Å². The summed E-state index contributed by atoms with van der Waals surface area (Å²) >= 11 is 0. The third-order valence-corrected chi connectivity index (χ3v) is 3.92. The number of nitrogens with two attached hydrogens (primary N) is 1. The number of likely N-dealkylation sites (N-methyl/N-ethyl adjacent to an activating group) is 1. The molecule has 0 saturated carbocycles. The summed E-state index contributed by atoms with van der Waals surface area (Å²) in [6.07, 6.45) is 0. The van der Waals surface area contributed by atoms with Crippen molar-refractivity contribution in [1.29, 1.82) is 0 Å². The molecule has 2 N–H and O–H groups in total. The van der Waals surface area contributed by atoms with Crippen LogP contribution in [0.1, 0.15) is 11.1 Å². The van der Waals surface area contributed by atoms with Crippen molar-refractivity contribution in [2.75, 3.05) is 24.2 Å². The molecule has 0 spiro atoms. The van der Waals surface area contributed by atoms with Gasteiger partial charge in [-0.05, 0) is 35.4 Å². The SMILES string of the molecule is CN(C(=O)CN1Cc2ccccc2C1)c1ccc(N)cc1. The van der Waals surface area contributed by atoms with E-state index >= 15 is 0 Å². The molecule has 1 heterocycles. The molecule has 0 unspecified atom stereocenters. The average Bonchev–Trinajstić information content (AvgIpc) is 2.89. The molecule has 1 amide bonds. The first kappa shape index (κ1) is 13.6. The van der Waals surface area contributed by atoms with Gasteiger partial charge in [0.25, 0.3) is 0 Å². The zero-order valence-electron chi connectivity index (χ0n) is 12.1. The Labute approximate surface area is 124 Å². The van der Waals surface area contributed by atoms with Gasteiger partial charge in [-0.2, -0.15) is 0 Å². The highest BCUT2D eigenvalue weighted by Crippen LogP contribution is 2.22. The summed E-state index contributed by atoms with van der Waals surface area (Å²) in [4.78, 5) is 16.2. The number of fused-ring (bicyclic) bond motifs is 1. The van der Waals surface area contributed by atoms with E-state index in [0.29, 0.717) is 12.2 Å². The zero-order valence-corrected chi connectivity index (χ0v) is 12.1. The van der Waals surface area contributed by atoms with Crippen LogP contribution in [0.4, 0.5) is 11.4 Å². The molecule has 21 heavy (non-hydrogen) atoms. The van der Waals surface area contributed by atoms with Gasteiger partial charge in [0.15, 0.2) is 0 Å². The topological polar surface area (TPSA) is 49.6 Å². The van der Waals surface area contributed by atoms with Crippen molar-refractivity contribution < 1.29 is 4.79 Å². The number of nitrogens with zero attached hydrogens (tertiary/aromatic N) is 2. The fourth-order valence-corrected chi connectivity index (χ4v) is 2.65. The van der Waals surface area contributed by atoms with E-state index < -0.39 is 0 Å². The van der Waals surface area contributed by atoms with Crippen molar-refractivity contribution in [1.82, 2.24) is 4.90 Å². The van der Waals surface area contributed by atoms with Crippen LogP contribution in [-0.2, 0) is 17.9 Å². The monoisotopic (exact) mass is 281 g/mol. The number of anilines is 2. The Morgan fingerprint density at radius 3 is 2.24 bits per heavy atom. The molecule has 4 heteroatoms. The highest BCUT2D eigenvalue weighted by atomic mass is 16.2. The lowest BCUT2D eigenvalue weighted by molar-refractivity contribution is -0.119. The van der Waals surface area contributed by atoms with E-state index in [4.69, 9.17) is 5.73 Å². The molecule has 2 aromatic carbocycles. The zero-order chi connectivity index (χ0) is 14.8. The molecule has 3 rings (SSSR count). The Morgan fingerprint density at radius 1 is 1.10 bits per heavy atom. The van der Waals surface area contributed by atoms with Crippen molar-refractivity contribution in [2.24, 2.45) is 0 Å². The molecular weight excluding hydrogens is 262 g/mol. The maximum absolute atomic E-state index is 12.4. The number of carbonyl (C=O) groups excluding carboxylic acids is 1. The second-order valence-corrected chi connectivity index (χ2v) is 5.46. The summed E-state index contributed by atoms with van der Waals surface area (Å²) in [5.41, 5.74) is 9.88. The Hall–Kier alpha value is -2.33. The molecule has 2 aromatic rings. The number of carbonyl (C=O) groups is 1.